The van der Waals surface area contributed by atoms with Crippen molar-refractivity contribution in [3.8, 4) is 0 Å². The minimum atomic E-state index is -0.478. The number of hydrogen-bond acceptors (Lipinski definition) is 2. The van der Waals surface area contributed by atoms with Crippen LogP contribution in [0.4, 0.5) is 0 Å². The smallest absolute Gasteiger partial charge is 0.192 e. The SMILES string of the molecule is CCOC(C)C(=O)c1ccc(Cl)cc1Cl. The summed E-state index contributed by atoms with van der Waals surface area (Å²) in [4.78, 5) is 11.8. The third-order valence-electron chi connectivity index (χ3n) is 1.98. The Balaban J connectivity index is 2.91. The van der Waals surface area contributed by atoms with Crippen molar-refractivity contribution < 1.29 is 9.53 Å². The molecule has 0 spiro atoms. The van der Waals surface area contributed by atoms with E-state index in [-0.39, 0.29) is 5.78 Å². The maximum Gasteiger partial charge on any atom is 0.192 e. The maximum absolute atomic E-state index is 11.8. The summed E-state index contributed by atoms with van der Waals surface area (Å²) in [5.74, 6) is -0.126. The normalized spacial score (nSPS) is 12.5. The van der Waals surface area contributed by atoms with Crippen molar-refractivity contribution in [1.82, 2.24) is 0 Å². The lowest BCUT2D eigenvalue weighted by Gasteiger charge is -2.11. The zero-order valence-electron chi connectivity index (χ0n) is 8.59. The Morgan fingerprint density at radius 3 is 2.67 bits per heavy atom. The first-order valence-electron chi connectivity index (χ1n) is 4.67. The van der Waals surface area contributed by atoms with Gasteiger partial charge in [0.05, 0.1) is 5.02 Å². The molecule has 1 aromatic rings. The molecular formula is C11H12Cl2O2. The second kappa shape index (κ2) is 5.50. The van der Waals surface area contributed by atoms with Gasteiger partial charge in [0.25, 0.3) is 0 Å². The van der Waals surface area contributed by atoms with Gasteiger partial charge in [0.15, 0.2) is 5.78 Å². The quantitative estimate of drug-likeness (QED) is 0.760. The molecule has 0 aliphatic carbocycles. The van der Waals surface area contributed by atoms with E-state index in [2.05, 4.69) is 0 Å². The van der Waals surface area contributed by atoms with Crippen molar-refractivity contribution in [2.24, 2.45) is 0 Å². The molecule has 1 aromatic carbocycles. The second-order valence-corrected chi connectivity index (χ2v) is 3.93. The Morgan fingerprint density at radius 1 is 1.47 bits per heavy atom. The van der Waals surface area contributed by atoms with Crippen LogP contribution in [-0.2, 0) is 4.74 Å². The Bertz CT molecular complexity index is 364. The maximum atomic E-state index is 11.8. The van der Waals surface area contributed by atoms with E-state index in [9.17, 15) is 4.79 Å². The number of carbonyl (C=O) groups excluding carboxylic acids is 1. The summed E-state index contributed by atoms with van der Waals surface area (Å²) < 4.78 is 5.20. The summed E-state index contributed by atoms with van der Waals surface area (Å²) >= 11 is 11.6. The van der Waals surface area contributed by atoms with E-state index in [1.165, 1.54) is 0 Å². The van der Waals surface area contributed by atoms with Crippen molar-refractivity contribution >= 4 is 29.0 Å². The average Bonchev–Trinajstić information content (AvgIpc) is 2.17. The van der Waals surface area contributed by atoms with Crippen LogP contribution in [0.1, 0.15) is 24.2 Å². The molecule has 0 radical (unpaired) electrons. The van der Waals surface area contributed by atoms with E-state index >= 15 is 0 Å². The molecule has 0 aliphatic heterocycles. The van der Waals surface area contributed by atoms with Crippen molar-refractivity contribution in [2.75, 3.05) is 6.61 Å². The van der Waals surface area contributed by atoms with Crippen LogP contribution in [0.2, 0.25) is 10.0 Å². The van der Waals surface area contributed by atoms with Crippen LogP contribution in [-0.4, -0.2) is 18.5 Å². The summed E-state index contributed by atoms with van der Waals surface area (Å²) in [6.45, 7) is 4.04. The largest absolute Gasteiger partial charge is 0.371 e. The Morgan fingerprint density at radius 2 is 2.13 bits per heavy atom. The molecular weight excluding hydrogens is 235 g/mol. The van der Waals surface area contributed by atoms with E-state index in [4.69, 9.17) is 27.9 Å². The number of ketones is 1. The highest BCUT2D eigenvalue weighted by atomic mass is 35.5. The van der Waals surface area contributed by atoms with Gasteiger partial charge in [0.2, 0.25) is 0 Å². The average molecular weight is 247 g/mol. The molecule has 1 rings (SSSR count). The third kappa shape index (κ3) is 3.20. The zero-order valence-corrected chi connectivity index (χ0v) is 10.1. The van der Waals surface area contributed by atoms with Gasteiger partial charge in [-0.2, -0.15) is 0 Å². The summed E-state index contributed by atoms with van der Waals surface area (Å²) in [6.07, 6.45) is -0.478. The van der Waals surface area contributed by atoms with Gasteiger partial charge in [-0.05, 0) is 32.0 Å². The summed E-state index contributed by atoms with van der Waals surface area (Å²) in [7, 11) is 0. The van der Waals surface area contributed by atoms with Crippen LogP contribution in [0, 0.1) is 0 Å². The van der Waals surface area contributed by atoms with Gasteiger partial charge in [0.1, 0.15) is 6.10 Å². The predicted octanol–water partition coefficient (Wildman–Crippen LogP) is 3.60. The van der Waals surface area contributed by atoms with Gasteiger partial charge >= 0.3 is 0 Å². The van der Waals surface area contributed by atoms with Crippen LogP contribution in [0.3, 0.4) is 0 Å². The van der Waals surface area contributed by atoms with E-state index in [0.29, 0.717) is 22.2 Å². The molecule has 0 saturated carbocycles. The highest BCUT2D eigenvalue weighted by Gasteiger charge is 2.17. The van der Waals surface area contributed by atoms with Crippen LogP contribution in [0.5, 0.6) is 0 Å². The molecule has 1 unspecified atom stereocenters. The van der Waals surface area contributed by atoms with Gasteiger partial charge in [-0.3, -0.25) is 4.79 Å². The van der Waals surface area contributed by atoms with Gasteiger partial charge in [-0.1, -0.05) is 23.2 Å². The third-order valence-corrected chi connectivity index (χ3v) is 2.53. The molecule has 0 aliphatic rings. The van der Waals surface area contributed by atoms with E-state index in [1.807, 2.05) is 6.92 Å². The van der Waals surface area contributed by atoms with E-state index in [1.54, 1.807) is 25.1 Å². The zero-order chi connectivity index (χ0) is 11.4. The predicted molar refractivity (Wildman–Crippen MR) is 61.9 cm³/mol. The number of Topliss-reactive ketones (excluding diaryl/α,β-unsaturated/α-hetero) is 1. The fraction of sp³-hybridized carbons (Fsp3) is 0.364. The summed E-state index contributed by atoms with van der Waals surface area (Å²) in [5, 5.41) is 0.875. The van der Waals surface area contributed by atoms with Crippen molar-refractivity contribution in [2.45, 2.75) is 20.0 Å². The van der Waals surface area contributed by atoms with E-state index < -0.39 is 6.10 Å². The fourth-order valence-electron chi connectivity index (χ4n) is 1.23. The molecule has 2 nitrogen and oxygen atoms in total. The van der Waals surface area contributed by atoms with Crippen molar-refractivity contribution in [3.63, 3.8) is 0 Å². The van der Waals surface area contributed by atoms with Gasteiger partial charge in [-0.25, -0.2) is 0 Å². The molecule has 0 heterocycles. The van der Waals surface area contributed by atoms with Crippen LogP contribution in [0.25, 0.3) is 0 Å². The van der Waals surface area contributed by atoms with Gasteiger partial charge in [-0.15, -0.1) is 0 Å². The molecule has 4 heteroatoms. The first kappa shape index (κ1) is 12.5. The molecule has 15 heavy (non-hydrogen) atoms. The lowest BCUT2D eigenvalue weighted by atomic mass is 10.1. The van der Waals surface area contributed by atoms with Gasteiger partial charge in [0, 0.05) is 17.2 Å². The highest BCUT2D eigenvalue weighted by Crippen LogP contribution is 2.22. The monoisotopic (exact) mass is 246 g/mol. The lowest BCUT2D eigenvalue weighted by molar-refractivity contribution is 0.0521. The van der Waals surface area contributed by atoms with Crippen LogP contribution in [0.15, 0.2) is 18.2 Å². The molecule has 0 saturated heterocycles. The van der Waals surface area contributed by atoms with Crippen LogP contribution < -0.4 is 0 Å². The second-order valence-electron chi connectivity index (χ2n) is 3.09. The Kier molecular flexibility index (Phi) is 4.58. The standard InChI is InChI=1S/C11H12Cl2O2/c1-3-15-7(2)11(14)9-5-4-8(12)6-10(9)13/h4-7H,3H2,1-2H3. The molecule has 0 aromatic heterocycles. The number of hydrogen-bond donors (Lipinski definition) is 0. The topological polar surface area (TPSA) is 26.3 Å². The highest BCUT2D eigenvalue weighted by molar-refractivity contribution is 6.37. The van der Waals surface area contributed by atoms with Crippen LogP contribution >= 0.6 is 23.2 Å². The molecule has 1 atom stereocenters. The lowest BCUT2D eigenvalue weighted by Crippen LogP contribution is -2.21. The number of halogens is 2. The van der Waals surface area contributed by atoms with E-state index in [0.717, 1.165) is 0 Å². The fourth-order valence-corrected chi connectivity index (χ4v) is 1.74. The number of rotatable bonds is 4. The first-order chi connectivity index (χ1) is 7.06. The molecule has 0 N–H and O–H groups in total. The molecule has 0 bridgehead atoms. The Labute approximate surface area is 99.1 Å². The Hall–Kier alpha value is -0.570. The minimum absolute atomic E-state index is 0.126. The summed E-state index contributed by atoms with van der Waals surface area (Å²) in [5.41, 5.74) is 0.446. The minimum Gasteiger partial charge on any atom is -0.371 e. The molecule has 82 valence electrons. The molecule has 0 amide bonds. The number of benzene rings is 1. The summed E-state index contributed by atoms with van der Waals surface area (Å²) in [6, 6.07) is 4.80. The van der Waals surface area contributed by atoms with Gasteiger partial charge < -0.3 is 4.74 Å². The number of carbonyl (C=O) groups is 1. The first-order valence-corrected chi connectivity index (χ1v) is 5.42. The van der Waals surface area contributed by atoms with Crippen molar-refractivity contribution in [1.29, 1.82) is 0 Å². The number of ether oxygens (including phenoxy) is 1. The van der Waals surface area contributed by atoms with Crippen molar-refractivity contribution in [3.05, 3.63) is 33.8 Å². The molecule has 0 fully saturated rings.